The topological polar surface area (TPSA) is 72.2 Å². The molecule has 0 atom stereocenters. The summed E-state index contributed by atoms with van der Waals surface area (Å²) in [7, 11) is -3.96. The molecule has 0 aliphatic rings. The highest BCUT2D eigenvalue weighted by molar-refractivity contribution is 7.91. The molecule has 1 heterocycles. The van der Waals surface area contributed by atoms with E-state index in [0.29, 0.717) is 9.90 Å². The number of nitrogens with two attached hydrogens (primary N) is 1. The molecule has 0 bridgehead atoms. The molecule has 0 saturated heterocycles. The fourth-order valence-electron chi connectivity index (χ4n) is 0.908. The number of hydrogen-bond acceptors (Lipinski definition) is 4. The highest BCUT2D eigenvalue weighted by atomic mass is 35.5. The van der Waals surface area contributed by atoms with Gasteiger partial charge in [-0.1, -0.05) is 11.6 Å². The third-order valence-electron chi connectivity index (χ3n) is 1.92. The predicted molar refractivity (Wildman–Crippen MR) is 63.3 cm³/mol. The Labute approximate surface area is 107 Å². The normalized spacial score (nSPS) is 13.0. The van der Waals surface area contributed by atoms with Crippen molar-refractivity contribution < 1.29 is 17.2 Å². The zero-order chi connectivity index (χ0) is 13.3. The predicted octanol–water partition coefficient (Wildman–Crippen LogP) is 1.58. The Bertz CT molecular complexity index is 482. The third-order valence-corrected chi connectivity index (χ3v) is 5.35. The number of aryl methyl sites for hydroxylation is 1. The second kappa shape index (κ2) is 5.15. The van der Waals surface area contributed by atoms with Crippen LogP contribution in [0.5, 0.6) is 0 Å². The van der Waals surface area contributed by atoms with E-state index in [2.05, 4.69) is 0 Å². The van der Waals surface area contributed by atoms with Gasteiger partial charge in [-0.3, -0.25) is 0 Å². The number of nitrogens with one attached hydrogen (secondary N) is 1. The summed E-state index contributed by atoms with van der Waals surface area (Å²) in [6.45, 7) is -0.313. The van der Waals surface area contributed by atoms with Crippen molar-refractivity contribution in [2.75, 3.05) is 13.1 Å². The first kappa shape index (κ1) is 14.8. The summed E-state index contributed by atoms with van der Waals surface area (Å²) in [4.78, 5) is 0. The molecule has 1 aromatic rings. The summed E-state index contributed by atoms with van der Waals surface area (Å²) in [6, 6.07) is 1.33. The van der Waals surface area contributed by atoms with E-state index in [-0.39, 0.29) is 4.21 Å². The van der Waals surface area contributed by atoms with Crippen LogP contribution in [-0.4, -0.2) is 27.4 Å². The minimum atomic E-state index is -3.96. The number of rotatable bonds is 5. The van der Waals surface area contributed by atoms with Crippen molar-refractivity contribution >= 4 is 33.0 Å². The average Bonchev–Trinajstić information content (AvgIpc) is 2.58. The maximum atomic E-state index is 12.8. The molecule has 0 amide bonds. The van der Waals surface area contributed by atoms with Gasteiger partial charge in [0.1, 0.15) is 4.21 Å². The van der Waals surface area contributed by atoms with Crippen LogP contribution in [0.2, 0.25) is 4.34 Å². The maximum absolute atomic E-state index is 12.8. The quantitative estimate of drug-likeness (QED) is 0.867. The van der Waals surface area contributed by atoms with Crippen LogP contribution in [0.3, 0.4) is 0 Å². The van der Waals surface area contributed by atoms with Crippen molar-refractivity contribution in [3.8, 4) is 0 Å². The Morgan fingerprint density at radius 2 is 2.18 bits per heavy atom. The smallest absolute Gasteiger partial charge is 0.273 e. The van der Waals surface area contributed by atoms with E-state index < -0.39 is 29.0 Å². The summed E-state index contributed by atoms with van der Waals surface area (Å²) in [5.74, 6) is -3.26. The highest BCUT2D eigenvalue weighted by Crippen LogP contribution is 2.30. The van der Waals surface area contributed by atoms with Crippen molar-refractivity contribution in [3.05, 3.63) is 16.0 Å². The first-order valence-electron chi connectivity index (χ1n) is 4.51. The lowest BCUT2D eigenvalue weighted by Crippen LogP contribution is -2.41. The molecule has 9 heteroatoms. The van der Waals surface area contributed by atoms with E-state index in [1.54, 1.807) is 11.6 Å². The van der Waals surface area contributed by atoms with E-state index in [0.717, 1.165) is 11.3 Å². The number of halogens is 3. The van der Waals surface area contributed by atoms with Gasteiger partial charge in [-0.2, -0.15) is 0 Å². The zero-order valence-electron chi connectivity index (χ0n) is 8.84. The Balaban J connectivity index is 2.83. The first-order chi connectivity index (χ1) is 7.68. The molecule has 3 N–H and O–H groups in total. The SMILES string of the molecule is Cc1cc(S(=O)(=O)NCC(F)(F)CN)sc1Cl. The van der Waals surface area contributed by atoms with E-state index in [1.165, 1.54) is 6.07 Å². The molecular weight excluding hydrogens is 294 g/mol. The van der Waals surface area contributed by atoms with Crippen LogP contribution < -0.4 is 10.5 Å². The molecule has 0 unspecified atom stereocenters. The molecule has 0 saturated carbocycles. The third kappa shape index (κ3) is 3.85. The molecule has 0 aromatic carbocycles. The van der Waals surface area contributed by atoms with Gasteiger partial charge < -0.3 is 5.73 Å². The summed E-state index contributed by atoms with van der Waals surface area (Å²) in [5, 5.41) is 0. The van der Waals surface area contributed by atoms with Crippen LogP contribution >= 0.6 is 22.9 Å². The van der Waals surface area contributed by atoms with Gasteiger partial charge in [-0.25, -0.2) is 21.9 Å². The lowest BCUT2D eigenvalue weighted by Gasteiger charge is -2.13. The molecule has 1 rings (SSSR count). The molecule has 0 radical (unpaired) electrons. The van der Waals surface area contributed by atoms with Crippen LogP contribution in [0.1, 0.15) is 5.56 Å². The highest BCUT2D eigenvalue weighted by Gasteiger charge is 2.30. The van der Waals surface area contributed by atoms with Gasteiger partial charge in [0.2, 0.25) is 10.0 Å². The van der Waals surface area contributed by atoms with E-state index in [4.69, 9.17) is 17.3 Å². The number of sulfonamides is 1. The van der Waals surface area contributed by atoms with Gasteiger partial charge in [0.05, 0.1) is 17.4 Å². The fourth-order valence-corrected chi connectivity index (χ4v) is 3.72. The number of thiophene rings is 1. The van der Waals surface area contributed by atoms with Crippen molar-refractivity contribution in [3.63, 3.8) is 0 Å². The Hall–Kier alpha value is -0.280. The van der Waals surface area contributed by atoms with Gasteiger partial charge in [0, 0.05) is 0 Å². The van der Waals surface area contributed by atoms with E-state index in [1.807, 2.05) is 0 Å². The minimum Gasteiger partial charge on any atom is -0.325 e. The van der Waals surface area contributed by atoms with Crippen LogP contribution in [0.15, 0.2) is 10.3 Å². The van der Waals surface area contributed by atoms with E-state index in [9.17, 15) is 17.2 Å². The monoisotopic (exact) mass is 304 g/mol. The molecule has 0 fully saturated rings. The Kier molecular flexibility index (Phi) is 4.48. The first-order valence-corrected chi connectivity index (χ1v) is 7.19. The van der Waals surface area contributed by atoms with Gasteiger partial charge in [-0.05, 0) is 18.6 Å². The number of hydrogen-bond donors (Lipinski definition) is 2. The molecule has 98 valence electrons. The minimum absolute atomic E-state index is 0.0900. The average molecular weight is 305 g/mol. The van der Waals surface area contributed by atoms with Crippen molar-refractivity contribution in [2.24, 2.45) is 5.73 Å². The van der Waals surface area contributed by atoms with Crippen LogP contribution in [0.25, 0.3) is 0 Å². The second-order valence-electron chi connectivity index (χ2n) is 3.41. The lowest BCUT2D eigenvalue weighted by molar-refractivity contribution is 0.0170. The summed E-state index contributed by atoms with van der Waals surface area (Å²) in [6.07, 6.45) is 0. The van der Waals surface area contributed by atoms with Gasteiger partial charge >= 0.3 is 0 Å². The molecule has 0 aliphatic carbocycles. The standard InChI is InChI=1S/C8H11ClF2N2O2S2/c1-5-2-6(16-7(5)9)17(14,15)13-4-8(10,11)3-12/h2,13H,3-4,12H2,1H3. The summed E-state index contributed by atoms with van der Waals surface area (Å²) < 4.78 is 50.9. The fraction of sp³-hybridized carbons (Fsp3) is 0.500. The molecule has 1 aromatic heterocycles. The van der Waals surface area contributed by atoms with Gasteiger partial charge in [0.15, 0.2) is 0 Å². The van der Waals surface area contributed by atoms with Crippen LogP contribution in [0.4, 0.5) is 8.78 Å². The van der Waals surface area contributed by atoms with E-state index >= 15 is 0 Å². The maximum Gasteiger partial charge on any atom is 0.273 e. The molecule has 17 heavy (non-hydrogen) atoms. The summed E-state index contributed by atoms with van der Waals surface area (Å²) in [5.41, 5.74) is 5.38. The summed E-state index contributed by atoms with van der Waals surface area (Å²) >= 11 is 6.53. The number of alkyl halides is 2. The van der Waals surface area contributed by atoms with Crippen molar-refractivity contribution in [1.82, 2.24) is 4.72 Å². The van der Waals surface area contributed by atoms with Gasteiger partial charge in [-0.15, -0.1) is 11.3 Å². The molecular formula is C8H11ClF2N2O2S2. The van der Waals surface area contributed by atoms with Crippen molar-refractivity contribution in [2.45, 2.75) is 17.1 Å². The Morgan fingerprint density at radius 3 is 2.59 bits per heavy atom. The van der Waals surface area contributed by atoms with Gasteiger partial charge in [0.25, 0.3) is 5.92 Å². The van der Waals surface area contributed by atoms with Crippen LogP contribution in [0, 0.1) is 6.92 Å². The molecule has 0 aliphatic heterocycles. The lowest BCUT2D eigenvalue weighted by atomic mass is 10.3. The molecule has 0 spiro atoms. The molecule has 4 nitrogen and oxygen atoms in total. The van der Waals surface area contributed by atoms with Crippen molar-refractivity contribution in [1.29, 1.82) is 0 Å². The van der Waals surface area contributed by atoms with Crippen LogP contribution in [-0.2, 0) is 10.0 Å². The Morgan fingerprint density at radius 1 is 1.59 bits per heavy atom. The zero-order valence-corrected chi connectivity index (χ0v) is 11.2. The largest absolute Gasteiger partial charge is 0.325 e. The second-order valence-corrected chi connectivity index (χ2v) is 7.05.